The number of benzene rings is 1. The Bertz CT molecular complexity index is 377. The van der Waals surface area contributed by atoms with Crippen molar-refractivity contribution in [1.29, 1.82) is 0 Å². The maximum Gasteiger partial charge on any atom is 0.0740 e. The second-order valence-corrected chi connectivity index (χ2v) is 5.48. The molecule has 0 amide bonds. The van der Waals surface area contributed by atoms with E-state index in [0.29, 0.717) is 5.92 Å². The van der Waals surface area contributed by atoms with Gasteiger partial charge in [-0.3, -0.25) is 0 Å². The van der Waals surface area contributed by atoms with E-state index < -0.39 is 0 Å². The summed E-state index contributed by atoms with van der Waals surface area (Å²) in [4.78, 5) is 2.37. The topological polar surface area (TPSA) is 23.5 Å². The highest BCUT2D eigenvalue weighted by molar-refractivity contribution is 5.54. The maximum absolute atomic E-state index is 10.2. The van der Waals surface area contributed by atoms with E-state index >= 15 is 0 Å². The van der Waals surface area contributed by atoms with Crippen LogP contribution in [0.25, 0.3) is 0 Å². The molecule has 0 radical (unpaired) electrons. The Labute approximate surface area is 111 Å². The van der Waals surface area contributed by atoms with Crippen molar-refractivity contribution in [3.63, 3.8) is 0 Å². The van der Waals surface area contributed by atoms with Crippen LogP contribution in [0, 0.1) is 5.92 Å². The van der Waals surface area contributed by atoms with E-state index in [0.717, 1.165) is 19.5 Å². The third kappa shape index (κ3) is 3.05. The third-order valence-corrected chi connectivity index (χ3v) is 4.16. The molecule has 2 unspecified atom stereocenters. The summed E-state index contributed by atoms with van der Waals surface area (Å²) in [5.41, 5.74) is 2.77. The first-order chi connectivity index (χ1) is 8.72. The van der Waals surface area contributed by atoms with Gasteiger partial charge in [-0.25, -0.2) is 0 Å². The molecule has 2 atom stereocenters. The zero-order chi connectivity index (χ0) is 13.0. The van der Waals surface area contributed by atoms with Gasteiger partial charge in [0.1, 0.15) is 0 Å². The summed E-state index contributed by atoms with van der Waals surface area (Å²) in [6, 6.07) is 8.65. The van der Waals surface area contributed by atoms with Crippen molar-refractivity contribution in [3.05, 3.63) is 29.8 Å². The lowest BCUT2D eigenvalue weighted by molar-refractivity contribution is 0.120. The fourth-order valence-corrected chi connectivity index (χ4v) is 2.64. The van der Waals surface area contributed by atoms with Gasteiger partial charge in [0.25, 0.3) is 0 Å². The van der Waals surface area contributed by atoms with Gasteiger partial charge in [0, 0.05) is 18.8 Å². The van der Waals surface area contributed by atoms with Crippen molar-refractivity contribution >= 4 is 5.69 Å². The van der Waals surface area contributed by atoms with Crippen LogP contribution in [0.5, 0.6) is 0 Å². The first-order valence-electron chi connectivity index (χ1n) is 7.23. The number of aliphatic hydroxyl groups is 1. The minimum absolute atomic E-state index is 0.221. The van der Waals surface area contributed by atoms with Gasteiger partial charge >= 0.3 is 0 Å². The molecule has 0 spiro atoms. The average Bonchev–Trinajstić information content (AvgIpc) is 2.60. The van der Waals surface area contributed by atoms with Crippen molar-refractivity contribution in [3.8, 4) is 0 Å². The number of β-amino-alcohol motifs (C(OH)–C–C–N with tert-alkyl or cyclic N) is 1. The Morgan fingerprint density at radius 1 is 1.28 bits per heavy atom. The van der Waals surface area contributed by atoms with Crippen LogP contribution in [0.15, 0.2) is 24.3 Å². The number of fused-ring (bicyclic) bond motifs is 1. The van der Waals surface area contributed by atoms with Crippen molar-refractivity contribution in [2.75, 3.05) is 18.0 Å². The molecule has 0 aromatic heterocycles. The van der Waals surface area contributed by atoms with E-state index in [2.05, 4.69) is 43.0 Å². The summed E-state index contributed by atoms with van der Waals surface area (Å²) in [6.07, 6.45) is 4.47. The minimum atomic E-state index is -0.221. The summed E-state index contributed by atoms with van der Waals surface area (Å²) >= 11 is 0. The first kappa shape index (κ1) is 13.4. The van der Waals surface area contributed by atoms with Crippen LogP contribution in [0.1, 0.15) is 38.7 Å². The lowest BCUT2D eigenvalue weighted by Crippen LogP contribution is -2.36. The highest BCUT2D eigenvalue weighted by Gasteiger charge is 2.20. The van der Waals surface area contributed by atoms with Gasteiger partial charge in [-0.2, -0.15) is 0 Å². The molecule has 0 saturated carbocycles. The highest BCUT2D eigenvalue weighted by Crippen LogP contribution is 2.26. The summed E-state index contributed by atoms with van der Waals surface area (Å²) in [6.45, 7) is 6.12. The Morgan fingerprint density at radius 2 is 2.06 bits per heavy atom. The number of aryl methyl sites for hydroxylation is 1. The van der Waals surface area contributed by atoms with Crippen LogP contribution in [0.2, 0.25) is 0 Å². The Balaban J connectivity index is 2.13. The number of hydrogen-bond acceptors (Lipinski definition) is 2. The monoisotopic (exact) mass is 247 g/mol. The number of nitrogens with zero attached hydrogens (tertiary/aromatic N) is 1. The van der Waals surface area contributed by atoms with Crippen molar-refractivity contribution in [2.45, 2.75) is 45.6 Å². The minimum Gasteiger partial charge on any atom is -0.391 e. The molecular weight excluding hydrogens is 222 g/mol. The molecule has 100 valence electrons. The molecule has 1 aliphatic rings. The quantitative estimate of drug-likeness (QED) is 0.883. The van der Waals surface area contributed by atoms with Gasteiger partial charge in [-0.05, 0) is 36.8 Å². The van der Waals surface area contributed by atoms with E-state index in [-0.39, 0.29) is 6.10 Å². The number of aliphatic hydroxyl groups excluding tert-OH is 1. The third-order valence-electron chi connectivity index (χ3n) is 4.16. The zero-order valence-electron chi connectivity index (χ0n) is 11.6. The Kier molecular flexibility index (Phi) is 4.65. The van der Waals surface area contributed by atoms with E-state index in [9.17, 15) is 5.11 Å². The average molecular weight is 247 g/mol. The fourth-order valence-electron chi connectivity index (χ4n) is 2.64. The van der Waals surface area contributed by atoms with Gasteiger partial charge in [0.2, 0.25) is 0 Å². The van der Waals surface area contributed by atoms with Gasteiger partial charge in [0.05, 0.1) is 6.10 Å². The predicted molar refractivity (Wildman–Crippen MR) is 77.1 cm³/mol. The molecular formula is C16H25NO. The van der Waals surface area contributed by atoms with Crippen LogP contribution < -0.4 is 4.90 Å². The van der Waals surface area contributed by atoms with Crippen molar-refractivity contribution in [2.24, 2.45) is 5.92 Å². The molecule has 2 rings (SSSR count). The standard InChI is InChI=1S/C16H25NO/c1-3-13(2)16(18)12-17-11-7-6-9-14-8-4-5-10-15(14)17/h4-5,8,10,13,16,18H,3,6-7,9,11-12H2,1-2H3. The molecule has 1 aliphatic heterocycles. The largest absolute Gasteiger partial charge is 0.391 e. The van der Waals surface area contributed by atoms with Crippen LogP contribution in [0.3, 0.4) is 0 Å². The highest BCUT2D eigenvalue weighted by atomic mass is 16.3. The van der Waals surface area contributed by atoms with Gasteiger partial charge in [-0.15, -0.1) is 0 Å². The number of rotatable bonds is 4. The predicted octanol–water partition coefficient (Wildman–Crippen LogP) is 3.24. The molecule has 1 N–H and O–H groups in total. The molecule has 2 heteroatoms. The van der Waals surface area contributed by atoms with E-state index in [1.54, 1.807) is 0 Å². The molecule has 0 aliphatic carbocycles. The lowest BCUT2D eigenvalue weighted by Gasteiger charge is -2.29. The summed E-state index contributed by atoms with van der Waals surface area (Å²) < 4.78 is 0. The molecule has 1 heterocycles. The molecule has 2 nitrogen and oxygen atoms in total. The number of para-hydroxylation sites is 1. The van der Waals surface area contributed by atoms with E-state index in [4.69, 9.17) is 0 Å². The summed E-state index contributed by atoms with van der Waals surface area (Å²) in [7, 11) is 0. The normalized spacial score (nSPS) is 18.9. The van der Waals surface area contributed by atoms with Crippen LogP contribution >= 0.6 is 0 Å². The molecule has 1 aromatic rings. The SMILES string of the molecule is CCC(C)C(O)CN1CCCCc2ccccc21. The smallest absolute Gasteiger partial charge is 0.0740 e. The van der Waals surface area contributed by atoms with E-state index in [1.807, 2.05) is 0 Å². The summed E-state index contributed by atoms with van der Waals surface area (Å²) in [5.74, 6) is 0.375. The molecule has 0 bridgehead atoms. The Hall–Kier alpha value is -1.02. The van der Waals surface area contributed by atoms with Gasteiger partial charge in [0.15, 0.2) is 0 Å². The van der Waals surface area contributed by atoms with E-state index in [1.165, 1.54) is 30.5 Å². The van der Waals surface area contributed by atoms with Crippen molar-refractivity contribution < 1.29 is 5.11 Å². The lowest BCUT2D eigenvalue weighted by atomic mass is 10.0. The maximum atomic E-state index is 10.2. The zero-order valence-corrected chi connectivity index (χ0v) is 11.6. The van der Waals surface area contributed by atoms with Crippen LogP contribution in [-0.2, 0) is 6.42 Å². The molecule has 0 fully saturated rings. The second kappa shape index (κ2) is 6.24. The number of hydrogen-bond donors (Lipinski definition) is 1. The Morgan fingerprint density at radius 3 is 2.83 bits per heavy atom. The van der Waals surface area contributed by atoms with Gasteiger partial charge in [-0.1, -0.05) is 38.5 Å². The number of anilines is 1. The second-order valence-electron chi connectivity index (χ2n) is 5.48. The van der Waals surface area contributed by atoms with Gasteiger partial charge < -0.3 is 10.0 Å². The first-order valence-corrected chi connectivity index (χ1v) is 7.23. The van der Waals surface area contributed by atoms with Crippen molar-refractivity contribution in [1.82, 2.24) is 0 Å². The molecule has 1 aromatic carbocycles. The molecule has 18 heavy (non-hydrogen) atoms. The fraction of sp³-hybridized carbons (Fsp3) is 0.625. The molecule has 0 saturated heterocycles. The summed E-state index contributed by atoms with van der Waals surface area (Å²) in [5, 5.41) is 10.2. The van der Waals surface area contributed by atoms with Crippen LogP contribution in [0.4, 0.5) is 5.69 Å². The van der Waals surface area contributed by atoms with Crippen LogP contribution in [-0.4, -0.2) is 24.3 Å².